The smallest absolute Gasteiger partial charge is 0.267 e. The zero-order valence-electron chi connectivity index (χ0n) is 11.1. The van der Waals surface area contributed by atoms with Crippen LogP contribution in [0.5, 0.6) is 0 Å². The van der Waals surface area contributed by atoms with Crippen molar-refractivity contribution in [3.05, 3.63) is 34.8 Å². The predicted octanol–water partition coefficient (Wildman–Crippen LogP) is 2.35. The Bertz CT molecular complexity index is 589. The molecule has 1 aromatic carbocycles. The van der Waals surface area contributed by atoms with Crippen LogP contribution in [0.25, 0.3) is 0 Å². The number of nitrogens with zero attached hydrogens (tertiary/aromatic N) is 2. The molecule has 2 rings (SSSR count). The maximum Gasteiger partial charge on any atom is 0.267 e. The van der Waals surface area contributed by atoms with Gasteiger partial charge in [-0.1, -0.05) is 11.3 Å². The third-order valence-corrected chi connectivity index (χ3v) is 3.65. The zero-order chi connectivity index (χ0) is 14.0. The van der Waals surface area contributed by atoms with Crippen LogP contribution in [0.4, 0.5) is 16.5 Å². The van der Waals surface area contributed by atoms with Gasteiger partial charge in [0.05, 0.1) is 5.69 Å². The minimum atomic E-state index is -0.177. The lowest BCUT2D eigenvalue weighted by atomic mass is 10.2. The van der Waals surface area contributed by atoms with Gasteiger partial charge in [0.1, 0.15) is 4.88 Å². The highest BCUT2D eigenvalue weighted by atomic mass is 32.1. The Kier molecular flexibility index (Phi) is 3.71. The summed E-state index contributed by atoms with van der Waals surface area (Å²) in [5.41, 5.74) is 8.07. The summed E-state index contributed by atoms with van der Waals surface area (Å²) in [6, 6.07) is 7.63. The molecule has 0 aliphatic rings. The van der Waals surface area contributed by atoms with E-state index >= 15 is 0 Å². The molecule has 1 heterocycles. The van der Waals surface area contributed by atoms with Crippen LogP contribution in [0.1, 0.15) is 15.4 Å². The largest absolute Gasteiger partial charge is 0.378 e. The van der Waals surface area contributed by atoms with Gasteiger partial charge in [0.15, 0.2) is 5.13 Å². The summed E-state index contributed by atoms with van der Waals surface area (Å²) in [4.78, 5) is 18.7. The van der Waals surface area contributed by atoms with E-state index in [0.717, 1.165) is 11.4 Å². The highest BCUT2D eigenvalue weighted by Crippen LogP contribution is 2.22. The van der Waals surface area contributed by atoms with Crippen molar-refractivity contribution in [1.29, 1.82) is 0 Å². The Balaban J connectivity index is 2.13. The van der Waals surface area contributed by atoms with Crippen LogP contribution >= 0.6 is 11.3 Å². The monoisotopic (exact) mass is 276 g/mol. The molecule has 1 aromatic heterocycles. The number of nitrogen functional groups attached to an aromatic ring is 1. The van der Waals surface area contributed by atoms with Crippen molar-refractivity contribution >= 4 is 33.8 Å². The number of nitrogens with two attached hydrogens (primary N) is 1. The molecule has 5 nitrogen and oxygen atoms in total. The summed E-state index contributed by atoms with van der Waals surface area (Å²) in [5, 5.41) is 3.24. The minimum Gasteiger partial charge on any atom is -0.378 e. The number of aryl methyl sites for hydroxylation is 1. The number of carbonyl (C=O) groups excluding carboxylic acids is 1. The molecule has 19 heavy (non-hydrogen) atoms. The standard InChI is InChI=1S/C13H16N4OS/c1-8-11(19-13(14)15-8)12(18)16-9-4-6-10(7-5-9)17(2)3/h4-7H,1-3H3,(H2,14,15)(H,16,18). The Morgan fingerprint density at radius 2 is 1.95 bits per heavy atom. The van der Waals surface area contributed by atoms with Gasteiger partial charge < -0.3 is 16.0 Å². The first-order valence-electron chi connectivity index (χ1n) is 5.79. The van der Waals surface area contributed by atoms with Crippen molar-refractivity contribution in [1.82, 2.24) is 4.98 Å². The van der Waals surface area contributed by atoms with Crippen LogP contribution in [-0.2, 0) is 0 Å². The zero-order valence-corrected chi connectivity index (χ0v) is 11.9. The number of hydrogen-bond donors (Lipinski definition) is 2. The molecule has 3 N–H and O–H groups in total. The van der Waals surface area contributed by atoms with Gasteiger partial charge in [-0.25, -0.2) is 4.98 Å². The first-order valence-corrected chi connectivity index (χ1v) is 6.60. The molecule has 0 saturated heterocycles. The summed E-state index contributed by atoms with van der Waals surface area (Å²) in [7, 11) is 3.94. The number of anilines is 3. The number of nitrogens with one attached hydrogen (secondary N) is 1. The van der Waals surface area contributed by atoms with E-state index < -0.39 is 0 Å². The van der Waals surface area contributed by atoms with Gasteiger partial charge in [-0.3, -0.25) is 4.79 Å². The summed E-state index contributed by atoms with van der Waals surface area (Å²) < 4.78 is 0. The van der Waals surface area contributed by atoms with Crippen LogP contribution < -0.4 is 16.0 Å². The molecular formula is C13H16N4OS. The van der Waals surface area contributed by atoms with E-state index in [1.807, 2.05) is 43.3 Å². The molecular weight excluding hydrogens is 260 g/mol. The number of benzene rings is 1. The SMILES string of the molecule is Cc1nc(N)sc1C(=O)Nc1ccc(N(C)C)cc1. The molecule has 0 spiro atoms. The number of rotatable bonds is 3. The van der Waals surface area contributed by atoms with Crippen LogP contribution in [0, 0.1) is 6.92 Å². The van der Waals surface area contributed by atoms with Crippen molar-refractivity contribution in [3.63, 3.8) is 0 Å². The predicted molar refractivity (Wildman–Crippen MR) is 80.0 cm³/mol. The molecule has 0 radical (unpaired) electrons. The van der Waals surface area contributed by atoms with Gasteiger partial charge in [0.2, 0.25) is 0 Å². The third kappa shape index (κ3) is 3.03. The average molecular weight is 276 g/mol. The fraction of sp³-hybridized carbons (Fsp3) is 0.231. The maximum absolute atomic E-state index is 12.1. The van der Waals surface area contributed by atoms with Crippen LogP contribution in [0.2, 0.25) is 0 Å². The van der Waals surface area contributed by atoms with Gasteiger partial charge >= 0.3 is 0 Å². The Morgan fingerprint density at radius 3 is 2.42 bits per heavy atom. The number of thiazole rings is 1. The lowest BCUT2D eigenvalue weighted by molar-refractivity contribution is 0.103. The lowest BCUT2D eigenvalue weighted by Crippen LogP contribution is -2.12. The number of carbonyl (C=O) groups is 1. The van der Waals surface area contributed by atoms with Gasteiger partial charge in [-0.2, -0.15) is 0 Å². The topological polar surface area (TPSA) is 71.2 Å². The summed E-state index contributed by atoms with van der Waals surface area (Å²) in [6.45, 7) is 1.77. The van der Waals surface area contributed by atoms with E-state index in [2.05, 4.69) is 10.3 Å². The van der Waals surface area contributed by atoms with Crippen molar-refractivity contribution in [2.24, 2.45) is 0 Å². The van der Waals surface area contributed by atoms with E-state index in [-0.39, 0.29) is 5.91 Å². The molecule has 2 aromatic rings. The second-order valence-corrected chi connectivity index (χ2v) is 5.39. The third-order valence-electron chi connectivity index (χ3n) is 2.66. The molecule has 0 unspecified atom stereocenters. The van der Waals surface area contributed by atoms with E-state index in [9.17, 15) is 4.79 Å². The molecule has 1 amide bonds. The van der Waals surface area contributed by atoms with Gasteiger partial charge in [-0.15, -0.1) is 0 Å². The van der Waals surface area contributed by atoms with Crippen LogP contribution in [0.3, 0.4) is 0 Å². The van der Waals surface area contributed by atoms with Crippen LogP contribution in [0.15, 0.2) is 24.3 Å². The summed E-state index contributed by atoms with van der Waals surface area (Å²) >= 11 is 1.20. The van der Waals surface area contributed by atoms with E-state index in [1.165, 1.54) is 11.3 Å². The second-order valence-electron chi connectivity index (χ2n) is 4.36. The number of aromatic nitrogens is 1. The molecule has 0 aliphatic heterocycles. The highest BCUT2D eigenvalue weighted by molar-refractivity contribution is 7.17. The van der Waals surface area contributed by atoms with Crippen molar-refractivity contribution in [3.8, 4) is 0 Å². The first kappa shape index (κ1) is 13.4. The molecule has 100 valence electrons. The molecule has 0 atom stereocenters. The fourth-order valence-electron chi connectivity index (χ4n) is 1.66. The maximum atomic E-state index is 12.1. The number of hydrogen-bond acceptors (Lipinski definition) is 5. The molecule has 0 aliphatic carbocycles. The minimum absolute atomic E-state index is 0.177. The molecule has 0 fully saturated rings. The number of amides is 1. The highest BCUT2D eigenvalue weighted by Gasteiger charge is 2.14. The van der Waals surface area contributed by atoms with Crippen molar-refractivity contribution in [2.45, 2.75) is 6.92 Å². The van der Waals surface area contributed by atoms with Gasteiger partial charge in [0, 0.05) is 25.5 Å². The normalized spacial score (nSPS) is 10.3. The Labute approximate surface area is 116 Å². The van der Waals surface area contributed by atoms with Crippen molar-refractivity contribution in [2.75, 3.05) is 30.0 Å². The molecule has 0 saturated carbocycles. The first-order chi connectivity index (χ1) is 8.97. The second kappa shape index (κ2) is 5.27. The van der Waals surface area contributed by atoms with E-state index in [4.69, 9.17) is 5.73 Å². The molecule has 0 bridgehead atoms. The molecule has 6 heteroatoms. The van der Waals surface area contributed by atoms with Crippen LogP contribution in [-0.4, -0.2) is 25.0 Å². The Hall–Kier alpha value is -2.08. The lowest BCUT2D eigenvalue weighted by Gasteiger charge is -2.12. The van der Waals surface area contributed by atoms with E-state index in [1.54, 1.807) is 6.92 Å². The quantitative estimate of drug-likeness (QED) is 0.902. The Morgan fingerprint density at radius 1 is 1.32 bits per heavy atom. The van der Waals surface area contributed by atoms with Gasteiger partial charge in [0.25, 0.3) is 5.91 Å². The average Bonchev–Trinajstić information content (AvgIpc) is 2.69. The summed E-state index contributed by atoms with van der Waals surface area (Å²) in [5.74, 6) is -0.177. The fourth-order valence-corrected chi connectivity index (χ4v) is 2.39. The van der Waals surface area contributed by atoms with Gasteiger partial charge in [-0.05, 0) is 31.2 Å². The van der Waals surface area contributed by atoms with Crippen molar-refractivity contribution < 1.29 is 4.79 Å². The van der Waals surface area contributed by atoms with E-state index in [0.29, 0.717) is 15.7 Å². The summed E-state index contributed by atoms with van der Waals surface area (Å²) in [6.07, 6.45) is 0.